The lowest BCUT2D eigenvalue weighted by Crippen LogP contribution is -2.64. The molecule has 2 amide bonds. The lowest BCUT2D eigenvalue weighted by Gasteiger charge is -2.45. The number of nitrogens with zero attached hydrogens (tertiary/aromatic N) is 3. The van der Waals surface area contributed by atoms with E-state index in [-0.39, 0.29) is 23.8 Å². The number of furan rings is 1. The van der Waals surface area contributed by atoms with Crippen molar-refractivity contribution in [3.63, 3.8) is 0 Å². The Morgan fingerprint density at radius 2 is 1.97 bits per heavy atom. The minimum atomic E-state index is -0.532. The average molecular weight is 481 g/mol. The molecule has 0 spiro atoms. The van der Waals surface area contributed by atoms with Gasteiger partial charge in [-0.2, -0.15) is 0 Å². The van der Waals surface area contributed by atoms with Gasteiger partial charge in [-0.05, 0) is 31.5 Å². The Balaban J connectivity index is 1.45. The van der Waals surface area contributed by atoms with Crippen LogP contribution in [0.4, 0.5) is 0 Å². The molecule has 180 valence electrons. The van der Waals surface area contributed by atoms with Gasteiger partial charge in [0, 0.05) is 54.8 Å². The van der Waals surface area contributed by atoms with Crippen LogP contribution in [0.5, 0.6) is 0 Å². The van der Waals surface area contributed by atoms with Crippen molar-refractivity contribution in [3.8, 4) is 11.3 Å². The van der Waals surface area contributed by atoms with Crippen molar-refractivity contribution in [1.82, 2.24) is 20.1 Å². The van der Waals surface area contributed by atoms with Crippen LogP contribution in [0.2, 0.25) is 0 Å². The quantitative estimate of drug-likeness (QED) is 0.551. The van der Waals surface area contributed by atoms with Gasteiger partial charge in [0.15, 0.2) is 0 Å². The van der Waals surface area contributed by atoms with E-state index in [0.717, 1.165) is 35.0 Å². The molecule has 3 aromatic rings. The molecular weight excluding hydrogens is 448 g/mol. The lowest BCUT2D eigenvalue weighted by atomic mass is 10.0. The van der Waals surface area contributed by atoms with E-state index in [1.807, 2.05) is 70.3 Å². The SMILES string of the molecule is Cc1ncc(CN2CC(C)N(C(=O)C(C)C)C(C(=O)NCc3ccc(-c4ccco4)cc3)C2)s1. The highest BCUT2D eigenvalue weighted by Gasteiger charge is 2.40. The van der Waals surface area contributed by atoms with Gasteiger partial charge in [0.05, 0.1) is 11.3 Å². The van der Waals surface area contributed by atoms with E-state index < -0.39 is 6.04 Å². The zero-order chi connectivity index (χ0) is 24.2. The molecule has 1 aliphatic rings. The number of nitrogens with one attached hydrogen (secondary N) is 1. The van der Waals surface area contributed by atoms with Crippen molar-refractivity contribution in [2.24, 2.45) is 5.92 Å². The third kappa shape index (κ3) is 5.56. The molecule has 0 aliphatic carbocycles. The van der Waals surface area contributed by atoms with Gasteiger partial charge >= 0.3 is 0 Å². The molecule has 1 aliphatic heterocycles. The number of benzene rings is 1. The van der Waals surface area contributed by atoms with Crippen LogP contribution in [-0.4, -0.2) is 51.8 Å². The van der Waals surface area contributed by atoms with Crippen molar-refractivity contribution in [1.29, 1.82) is 0 Å². The van der Waals surface area contributed by atoms with E-state index >= 15 is 0 Å². The van der Waals surface area contributed by atoms with Crippen molar-refractivity contribution >= 4 is 23.2 Å². The van der Waals surface area contributed by atoms with E-state index in [2.05, 4.69) is 15.2 Å². The summed E-state index contributed by atoms with van der Waals surface area (Å²) in [6.07, 6.45) is 3.55. The molecule has 1 fully saturated rings. The maximum Gasteiger partial charge on any atom is 0.244 e. The first-order chi connectivity index (χ1) is 16.3. The molecule has 2 aromatic heterocycles. The second-order valence-electron chi connectivity index (χ2n) is 9.20. The van der Waals surface area contributed by atoms with Crippen molar-refractivity contribution in [2.45, 2.75) is 52.9 Å². The van der Waals surface area contributed by atoms with Gasteiger partial charge in [0.2, 0.25) is 11.8 Å². The maximum atomic E-state index is 13.4. The van der Waals surface area contributed by atoms with Crippen molar-refractivity contribution in [2.75, 3.05) is 13.1 Å². The first-order valence-corrected chi connectivity index (χ1v) is 12.5. The number of carbonyl (C=O) groups excluding carboxylic acids is 2. The van der Waals surface area contributed by atoms with Gasteiger partial charge in [0.1, 0.15) is 11.8 Å². The highest BCUT2D eigenvalue weighted by atomic mass is 32.1. The van der Waals surface area contributed by atoms with Crippen LogP contribution in [-0.2, 0) is 22.7 Å². The Morgan fingerprint density at radius 1 is 1.21 bits per heavy atom. The Labute approximate surface area is 204 Å². The second-order valence-corrected chi connectivity index (χ2v) is 10.5. The molecular formula is C26H32N4O3S. The smallest absolute Gasteiger partial charge is 0.244 e. The van der Waals surface area contributed by atoms with Crippen LogP contribution >= 0.6 is 11.3 Å². The third-order valence-electron chi connectivity index (χ3n) is 6.09. The summed E-state index contributed by atoms with van der Waals surface area (Å²) < 4.78 is 5.44. The zero-order valence-corrected chi connectivity index (χ0v) is 21.0. The van der Waals surface area contributed by atoms with E-state index in [1.165, 1.54) is 4.88 Å². The van der Waals surface area contributed by atoms with Crippen molar-refractivity contribution < 1.29 is 14.0 Å². The average Bonchev–Trinajstić information content (AvgIpc) is 3.49. The standard InChI is InChI=1S/C26H32N4O3S/c1-17(2)26(32)30-18(3)14-29(15-22-13-27-19(4)34-22)16-23(30)25(31)28-12-20-7-9-21(10-8-20)24-6-5-11-33-24/h5-11,13,17-18,23H,12,14-16H2,1-4H3,(H,28,31). The topological polar surface area (TPSA) is 78.7 Å². The highest BCUT2D eigenvalue weighted by Crippen LogP contribution is 2.23. The van der Waals surface area contributed by atoms with Crippen LogP contribution in [0.3, 0.4) is 0 Å². The minimum Gasteiger partial charge on any atom is -0.464 e. The number of piperazine rings is 1. The Hall–Kier alpha value is -2.97. The van der Waals surface area contributed by atoms with Gasteiger partial charge in [-0.15, -0.1) is 11.3 Å². The molecule has 4 rings (SSSR count). The summed E-state index contributed by atoms with van der Waals surface area (Å²) in [7, 11) is 0. The number of carbonyl (C=O) groups is 2. The van der Waals surface area contributed by atoms with E-state index in [0.29, 0.717) is 13.1 Å². The summed E-state index contributed by atoms with van der Waals surface area (Å²) in [5.41, 5.74) is 1.98. The lowest BCUT2D eigenvalue weighted by molar-refractivity contribution is -0.150. The Morgan fingerprint density at radius 3 is 2.59 bits per heavy atom. The normalized spacial score (nSPS) is 18.9. The monoisotopic (exact) mass is 480 g/mol. The number of aromatic nitrogens is 1. The predicted molar refractivity (Wildman–Crippen MR) is 133 cm³/mol. The minimum absolute atomic E-state index is 0.0173. The first-order valence-electron chi connectivity index (χ1n) is 11.7. The number of hydrogen-bond donors (Lipinski definition) is 1. The largest absolute Gasteiger partial charge is 0.464 e. The van der Waals surface area contributed by atoms with Crippen LogP contribution < -0.4 is 5.32 Å². The summed E-state index contributed by atoms with van der Waals surface area (Å²) >= 11 is 1.67. The summed E-state index contributed by atoms with van der Waals surface area (Å²) in [5, 5.41) is 4.09. The molecule has 34 heavy (non-hydrogen) atoms. The molecule has 0 saturated carbocycles. The molecule has 7 nitrogen and oxygen atoms in total. The molecule has 2 unspecified atom stereocenters. The van der Waals surface area contributed by atoms with E-state index in [4.69, 9.17) is 4.42 Å². The summed E-state index contributed by atoms with van der Waals surface area (Å²) in [6.45, 7) is 10.2. The van der Waals surface area contributed by atoms with Crippen LogP contribution in [0.1, 0.15) is 36.2 Å². The van der Waals surface area contributed by atoms with Crippen LogP contribution in [0.15, 0.2) is 53.3 Å². The summed E-state index contributed by atoms with van der Waals surface area (Å²) in [4.78, 5) is 35.9. The molecule has 0 radical (unpaired) electrons. The highest BCUT2D eigenvalue weighted by molar-refractivity contribution is 7.11. The molecule has 1 aromatic carbocycles. The molecule has 0 bridgehead atoms. The second kappa shape index (κ2) is 10.5. The van der Waals surface area contributed by atoms with E-state index in [9.17, 15) is 9.59 Å². The zero-order valence-electron chi connectivity index (χ0n) is 20.2. The summed E-state index contributed by atoms with van der Waals surface area (Å²) in [5.74, 6) is 0.540. The Kier molecular flexibility index (Phi) is 7.48. The number of rotatable bonds is 7. The van der Waals surface area contributed by atoms with Crippen molar-refractivity contribution in [3.05, 3.63) is 64.3 Å². The maximum absolute atomic E-state index is 13.4. The number of amides is 2. The van der Waals surface area contributed by atoms with E-state index in [1.54, 1.807) is 22.5 Å². The molecule has 3 heterocycles. The van der Waals surface area contributed by atoms with Gasteiger partial charge in [-0.1, -0.05) is 38.1 Å². The number of hydrogen-bond acceptors (Lipinski definition) is 6. The fraction of sp³-hybridized carbons (Fsp3) is 0.423. The predicted octanol–water partition coefficient (Wildman–Crippen LogP) is 4.09. The van der Waals surface area contributed by atoms with Gasteiger partial charge in [0.25, 0.3) is 0 Å². The molecule has 1 N–H and O–H groups in total. The fourth-order valence-electron chi connectivity index (χ4n) is 4.42. The van der Waals surface area contributed by atoms with Crippen LogP contribution in [0.25, 0.3) is 11.3 Å². The third-order valence-corrected chi connectivity index (χ3v) is 6.99. The Bertz CT molecular complexity index is 1110. The van der Waals surface area contributed by atoms with Gasteiger partial charge < -0.3 is 14.6 Å². The summed E-state index contributed by atoms with van der Waals surface area (Å²) in [6, 6.07) is 11.1. The van der Waals surface area contributed by atoms with Crippen LogP contribution in [0, 0.1) is 12.8 Å². The van der Waals surface area contributed by atoms with Gasteiger partial charge in [-0.3, -0.25) is 14.5 Å². The molecule has 2 atom stereocenters. The first kappa shape index (κ1) is 24.2. The molecule has 8 heteroatoms. The number of thiazole rings is 1. The fourth-order valence-corrected chi connectivity index (χ4v) is 5.26. The van der Waals surface area contributed by atoms with Gasteiger partial charge in [-0.25, -0.2) is 4.98 Å². The number of aryl methyl sites for hydroxylation is 1. The molecule has 1 saturated heterocycles.